The van der Waals surface area contributed by atoms with Gasteiger partial charge in [-0.15, -0.1) is 0 Å². The van der Waals surface area contributed by atoms with Gasteiger partial charge in [0.15, 0.2) is 0 Å². The molecule has 0 aliphatic carbocycles. The minimum Gasteiger partial charge on any atom is -0.466 e. The van der Waals surface area contributed by atoms with Gasteiger partial charge in [-0.1, -0.05) is 393 Å². The molecule has 0 saturated heterocycles. The summed E-state index contributed by atoms with van der Waals surface area (Å²) in [5.74, 6) is -0.00877. The molecule has 0 bridgehead atoms. The van der Waals surface area contributed by atoms with Gasteiger partial charge < -0.3 is 20.3 Å². The minimum atomic E-state index is -0.664. The molecule has 0 aromatic rings. The zero-order valence-electron chi connectivity index (χ0n) is 54.2. The third-order valence-corrected chi connectivity index (χ3v) is 17.7. The van der Waals surface area contributed by atoms with Crippen molar-refractivity contribution in [2.45, 2.75) is 443 Å². The van der Waals surface area contributed by atoms with Crippen LogP contribution in [0.5, 0.6) is 0 Å². The predicted molar refractivity (Wildman–Crippen MR) is 347 cm³/mol. The molecule has 2 atom stereocenters. The second kappa shape index (κ2) is 69.4. The van der Waals surface area contributed by atoms with Crippen molar-refractivity contribution in [3.05, 3.63) is 0 Å². The highest BCUT2D eigenvalue weighted by atomic mass is 16.5. The van der Waals surface area contributed by atoms with E-state index >= 15 is 0 Å². The number of amides is 1. The molecular weight excluding hydrogens is 971 g/mol. The first kappa shape index (κ1) is 77.9. The van der Waals surface area contributed by atoms with E-state index in [9.17, 15) is 19.8 Å². The second-order valence-electron chi connectivity index (χ2n) is 25.6. The van der Waals surface area contributed by atoms with Crippen LogP contribution in [0.2, 0.25) is 0 Å². The van der Waals surface area contributed by atoms with Crippen LogP contribution < -0.4 is 5.32 Å². The van der Waals surface area contributed by atoms with Crippen LogP contribution in [0.15, 0.2) is 0 Å². The molecule has 0 rings (SSSR count). The molecule has 0 aromatic heterocycles. The average molecular weight is 1120 g/mol. The molecule has 0 spiro atoms. The number of ether oxygens (including phenoxy) is 1. The summed E-state index contributed by atoms with van der Waals surface area (Å²) in [6, 6.07) is -0.541. The summed E-state index contributed by atoms with van der Waals surface area (Å²) in [6.07, 6.45) is 84.4. The molecule has 0 heterocycles. The maximum atomic E-state index is 12.6. The number of aliphatic hydroxyl groups is 2. The Morgan fingerprint density at radius 1 is 0.304 bits per heavy atom. The zero-order chi connectivity index (χ0) is 57.1. The summed E-state index contributed by atoms with van der Waals surface area (Å²) < 4.78 is 5.51. The van der Waals surface area contributed by atoms with Crippen LogP contribution in [0.1, 0.15) is 431 Å². The Morgan fingerprint density at radius 2 is 0.519 bits per heavy atom. The molecule has 0 aliphatic rings. The lowest BCUT2D eigenvalue weighted by Crippen LogP contribution is -2.45. The number of aliphatic hydroxyl groups excluding tert-OH is 2. The van der Waals surface area contributed by atoms with E-state index in [4.69, 9.17) is 4.74 Å². The zero-order valence-corrected chi connectivity index (χ0v) is 54.2. The fourth-order valence-electron chi connectivity index (χ4n) is 12.1. The fourth-order valence-corrected chi connectivity index (χ4v) is 12.1. The van der Waals surface area contributed by atoms with Crippen LogP contribution in [0.4, 0.5) is 0 Å². The number of hydrogen-bond acceptors (Lipinski definition) is 5. The Balaban J connectivity index is 3.35. The molecule has 3 N–H and O–H groups in total. The average Bonchev–Trinajstić information content (AvgIpc) is 3.45. The summed E-state index contributed by atoms with van der Waals surface area (Å²) in [6.45, 7) is 5.01. The summed E-state index contributed by atoms with van der Waals surface area (Å²) in [5, 5.41) is 23.5. The van der Waals surface area contributed by atoms with E-state index < -0.39 is 12.1 Å². The number of rotatable bonds is 70. The molecule has 6 heteroatoms. The van der Waals surface area contributed by atoms with Gasteiger partial charge in [-0.25, -0.2) is 0 Å². The number of carbonyl (C=O) groups is 2. The first-order valence-electron chi connectivity index (χ1n) is 36.8. The number of unbranched alkanes of at least 4 members (excludes halogenated alkanes) is 59. The van der Waals surface area contributed by atoms with E-state index in [0.717, 1.165) is 38.5 Å². The number of hydrogen-bond donors (Lipinski definition) is 3. The highest BCUT2D eigenvalue weighted by Crippen LogP contribution is 2.20. The van der Waals surface area contributed by atoms with Gasteiger partial charge in [0.05, 0.1) is 25.4 Å². The van der Waals surface area contributed by atoms with Crippen molar-refractivity contribution in [3.8, 4) is 0 Å². The lowest BCUT2D eigenvalue weighted by molar-refractivity contribution is -0.143. The lowest BCUT2D eigenvalue weighted by Gasteiger charge is -2.22. The topological polar surface area (TPSA) is 95.9 Å². The smallest absolute Gasteiger partial charge is 0.305 e. The molecule has 0 fully saturated rings. The number of carbonyl (C=O) groups excluding carboxylic acids is 2. The van der Waals surface area contributed by atoms with Crippen molar-refractivity contribution in [2.75, 3.05) is 13.2 Å². The molecule has 0 radical (unpaired) electrons. The molecule has 6 nitrogen and oxygen atoms in total. The first-order chi connectivity index (χ1) is 39.0. The van der Waals surface area contributed by atoms with Gasteiger partial charge in [-0.05, 0) is 25.7 Å². The SMILES string of the molecule is CCCCCCCCCCCCCCCCCCCCCCCCCC(O)C(CO)NC(=O)CCCCCCCCCCCCCCCCCCCCCCCCCOC(=O)CCCCCCCCCCCCCCCCCC. The lowest BCUT2D eigenvalue weighted by atomic mass is 10.0. The molecule has 1 amide bonds. The van der Waals surface area contributed by atoms with Crippen LogP contribution in [-0.4, -0.2) is 47.4 Å². The maximum Gasteiger partial charge on any atom is 0.305 e. The van der Waals surface area contributed by atoms with Crippen molar-refractivity contribution in [1.29, 1.82) is 0 Å². The quantitative estimate of drug-likeness (QED) is 0.0417. The Hall–Kier alpha value is -1.14. The summed E-state index contributed by atoms with van der Waals surface area (Å²) >= 11 is 0. The highest BCUT2D eigenvalue weighted by Gasteiger charge is 2.20. The Kier molecular flexibility index (Phi) is 68.4. The van der Waals surface area contributed by atoms with Gasteiger partial charge in [0.25, 0.3) is 0 Å². The van der Waals surface area contributed by atoms with Gasteiger partial charge in [0.2, 0.25) is 5.91 Å². The minimum absolute atomic E-state index is 0.0196. The van der Waals surface area contributed by atoms with Crippen LogP contribution >= 0.6 is 0 Å². The van der Waals surface area contributed by atoms with Gasteiger partial charge in [0, 0.05) is 12.8 Å². The fraction of sp³-hybridized carbons (Fsp3) is 0.973. The molecule has 0 aliphatic heterocycles. The van der Waals surface area contributed by atoms with Gasteiger partial charge in [-0.3, -0.25) is 9.59 Å². The van der Waals surface area contributed by atoms with Crippen LogP contribution in [0, 0.1) is 0 Å². The van der Waals surface area contributed by atoms with E-state index in [2.05, 4.69) is 19.2 Å². The van der Waals surface area contributed by atoms with Crippen LogP contribution in [-0.2, 0) is 14.3 Å². The van der Waals surface area contributed by atoms with E-state index in [1.807, 2.05) is 0 Å². The largest absolute Gasteiger partial charge is 0.466 e. The Morgan fingerprint density at radius 3 is 0.772 bits per heavy atom. The van der Waals surface area contributed by atoms with Crippen molar-refractivity contribution >= 4 is 11.9 Å². The Bertz CT molecular complexity index is 1150. The monoisotopic (exact) mass is 1120 g/mol. The van der Waals surface area contributed by atoms with Crippen molar-refractivity contribution in [2.24, 2.45) is 0 Å². The summed E-state index contributed by atoms with van der Waals surface area (Å²) in [4.78, 5) is 24.7. The highest BCUT2D eigenvalue weighted by molar-refractivity contribution is 5.76. The second-order valence-corrected chi connectivity index (χ2v) is 25.6. The summed E-state index contributed by atoms with van der Waals surface area (Å²) in [7, 11) is 0. The third kappa shape index (κ3) is 65.9. The molecular formula is C73H145NO5. The van der Waals surface area contributed by atoms with Gasteiger partial charge in [-0.2, -0.15) is 0 Å². The Labute approximate surface area is 496 Å². The van der Waals surface area contributed by atoms with Crippen molar-refractivity contribution in [3.63, 3.8) is 0 Å². The van der Waals surface area contributed by atoms with Gasteiger partial charge in [0.1, 0.15) is 0 Å². The van der Waals surface area contributed by atoms with Crippen molar-refractivity contribution < 1.29 is 24.5 Å². The van der Waals surface area contributed by atoms with Crippen LogP contribution in [0.25, 0.3) is 0 Å². The molecule has 0 saturated carbocycles. The van der Waals surface area contributed by atoms with E-state index in [0.29, 0.717) is 25.9 Å². The molecule has 2 unspecified atom stereocenters. The maximum absolute atomic E-state index is 12.6. The number of nitrogens with one attached hydrogen (secondary N) is 1. The first-order valence-corrected chi connectivity index (χ1v) is 36.8. The molecule has 0 aromatic carbocycles. The third-order valence-electron chi connectivity index (χ3n) is 17.7. The molecule has 79 heavy (non-hydrogen) atoms. The predicted octanol–water partition coefficient (Wildman–Crippen LogP) is 23.8. The standard InChI is InChI=1S/C73H145NO5/c1-3-5-7-9-11-13-15-17-19-21-22-23-25-28-31-34-37-41-45-49-53-57-61-65-71(76)70(69-75)74-72(77)66-62-58-54-50-46-42-38-35-32-29-26-24-27-30-33-36-40-44-48-52-56-60-64-68-79-73(78)67-63-59-55-51-47-43-39-20-18-16-14-12-10-8-6-4-2/h70-71,75-76H,3-69H2,1-2H3,(H,74,77). The molecule has 472 valence electrons. The van der Waals surface area contributed by atoms with Crippen molar-refractivity contribution in [1.82, 2.24) is 5.32 Å². The van der Waals surface area contributed by atoms with Crippen LogP contribution in [0.3, 0.4) is 0 Å². The van der Waals surface area contributed by atoms with Gasteiger partial charge >= 0.3 is 5.97 Å². The number of esters is 1. The summed E-state index contributed by atoms with van der Waals surface area (Å²) in [5.41, 5.74) is 0. The van der Waals surface area contributed by atoms with E-state index in [-0.39, 0.29) is 18.5 Å². The van der Waals surface area contributed by atoms with E-state index in [1.165, 1.54) is 360 Å². The normalized spacial score (nSPS) is 12.4. The van der Waals surface area contributed by atoms with E-state index in [1.54, 1.807) is 0 Å².